The number of carbonyl (C=O) groups excluding carboxylic acids is 2. The van der Waals surface area contributed by atoms with Crippen LogP contribution in [-0.4, -0.2) is 16.7 Å². The molecule has 0 fully saturated rings. The van der Waals surface area contributed by atoms with E-state index in [4.69, 9.17) is 0 Å². The SMILES string of the molecule is CCCc1cccc2c1C(=O)N(Cc1ccccc1)C2C(=O)NCc1ccccc1. The molecule has 0 spiro atoms. The van der Waals surface area contributed by atoms with Crippen molar-refractivity contribution in [2.24, 2.45) is 0 Å². The average Bonchev–Trinajstić information content (AvgIpc) is 3.06. The molecule has 0 saturated heterocycles. The normalized spacial score (nSPS) is 15.2. The quantitative estimate of drug-likeness (QED) is 0.630. The summed E-state index contributed by atoms with van der Waals surface area (Å²) in [6, 6.07) is 24.9. The van der Waals surface area contributed by atoms with Crippen molar-refractivity contribution in [3.8, 4) is 0 Å². The minimum atomic E-state index is -0.617. The second-order valence-electron chi connectivity index (χ2n) is 7.66. The molecular weight excluding hydrogens is 372 g/mol. The Balaban J connectivity index is 1.66. The molecule has 152 valence electrons. The van der Waals surface area contributed by atoms with Crippen LogP contribution in [0.3, 0.4) is 0 Å². The van der Waals surface area contributed by atoms with Crippen molar-refractivity contribution in [2.75, 3.05) is 0 Å². The Bertz CT molecular complexity index is 1030. The maximum Gasteiger partial charge on any atom is 0.255 e. The molecule has 1 N–H and O–H groups in total. The first-order valence-electron chi connectivity index (χ1n) is 10.5. The van der Waals surface area contributed by atoms with Crippen LogP contribution in [0.2, 0.25) is 0 Å². The lowest BCUT2D eigenvalue weighted by atomic mass is 9.96. The van der Waals surface area contributed by atoms with Gasteiger partial charge in [-0.15, -0.1) is 0 Å². The zero-order valence-electron chi connectivity index (χ0n) is 17.2. The molecular formula is C26H26N2O2. The van der Waals surface area contributed by atoms with Gasteiger partial charge in [-0.2, -0.15) is 0 Å². The molecule has 0 radical (unpaired) electrons. The maximum atomic E-state index is 13.4. The van der Waals surface area contributed by atoms with Gasteiger partial charge in [0.1, 0.15) is 6.04 Å². The summed E-state index contributed by atoms with van der Waals surface area (Å²) in [6.45, 7) is 2.95. The van der Waals surface area contributed by atoms with Crippen molar-refractivity contribution in [3.63, 3.8) is 0 Å². The standard InChI is InChI=1S/C26H26N2O2/c1-2-10-21-15-9-16-22-23(21)26(30)28(18-20-13-7-4-8-14-20)24(22)25(29)27-17-19-11-5-3-6-12-19/h3-9,11-16,24H,2,10,17-18H2,1H3,(H,27,29). The summed E-state index contributed by atoms with van der Waals surface area (Å²) >= 11 is 0. The summed E-state index contributed by atoms with van der Waals surface area (Å²) in [4.78, 5) is 28.4. The van der Waals surface area contributed by atoms with E-state index in [0.717, 1.165) is 35.1 Å². The zero-order valence-corrected chi connectivity index (χ0v) is 17.2. The van der Waals surface area contributed by atoms with Crippen LogP contribution in [0, 0.1) is 0 Å². The van der Waals surface area contributed by atoms with E-state index in [1.807, 2.05) is 78.9 Å². The molecule has 4 heteroatoms. The highest BCUT2D eigenvalue weighted by Crippen LogP contribution is 2.37. The molecule has 30 heavy (non-hydrogen) atoms. The van der Waals surface area contributed by atoms with E-state index in [1.54, 1.807) is 4.90 Å². The third kappa shape index (κ3) is 3.99. The summed E-state index contributed by atoms with van der Waals surface area (Å²) in [7, 11) is 0. The average molecular weight is 399 g/mol. The fraction of sp³-hybridized carbons (Fsp3) is 0.231. The molecule has 3 aromatic carbocycles. The van der Waals surface area contributed by atoms with Crippen LogP contribution in [0.1, 0.15) is 52.0 Å². The highest BCUT2D eigenvalue weighted by Gasteiger charge is 2.42. The van der Waals surface area contributed by atoms with Crippen LogP contribution < -0.4 is 5.32 Å². The van der Waals surface area contributed by atoms with Crippen LogP contribution in [0.15, 0.2) is 78.9 Å². The van der Waals surface area contributed by atoms with E-state index in [-0.39, 0.29) is 11.8 Å². The molecule has 1 atom stereocenters. The first-order chi connectivity index (χ1) is 14.7. The molecule has 1 aliphatic rings. The summed E-state index contributed by atoms with van der Waals surface area (Å²) < 4.78 is 0. The number of nitrogens with one attached hydrogen (secondary N) is 1. The Morgan fingerprint density at radius 2 is 1.57 bits per heavy atom. The number of fused-ring (bicyclic) bond motifs is 1. The monoisotopic (exact) mass is 398 g/mol. The van der Waals surface area contributed by atoms with Gasteiger partial charge in [0.05, 0.1) is 0 Å². The highest BCUT2D eigenvalue weighted by atomic mass is 16.2. The van der Waals surface area contributed by atoms with Gasteiger partial charge >= 0.3 is 0 Å². The van der Waals surface area contributed by atoms with Crippen LogP contribution in [0.5, 0.6) is 0 Å². The Kier molecular flexibility index (Phi) is 5.94. The van der Waals surface area contributed by atoms with Gasteiger partial charge in [-0.1, -0.05) is 92.2 Å². The summed E-state index contributed by atoms with van der Waals surface area (Å²) in [6.07, 6.45) is 1.78. The van der Waals surface area contributed by atoms with Crippen LogP contribution >= 0.6 is 0 Å². The molecule has 4 nitrogen and oxygen atoms in total. The topological polar surface area (TPSA) is 49.4 Å². The van der Waals surface area contributed by atoms with Crippen molar-refractivity contribution >= 4 is 11.8 Å². The van der Waals surface area contributed by atoms with Gasteiger partial charge in [-0.05, 0) is 28.7 Å². The van der Waals surface area contributed by atoms with E-state index in [1.165, 1.54) is 0 Å². The highest BCUT2D eigenvalue weighted by molar-refractivity contribution is 6.05. The predicted molar refractivity (Wildman–Crippen MR) is 118 cm³/mol. The smallest absolute Gasteiger partial charge is 0.255 e. The van der Waals surface area contributed by atoms with Crippen molar-refractivity contribution in [2.45, 2.75) is 38.9 Å². The Labute approximate surface area is 177 Å². The van der Waals surface area contributed by atoms with E-state index < -0.39 is 6.04 Å². The predicted octanol–water partition coefficient (Wildman–Crippen LogP) is 4.65. The minimum absolute atomic E-state index is 0.0576. The second-order valence-corrected chi connectivity index (χ2v) is 7.66. The molecule has 1 aliphatic heterocycles. The van der Waals surface area contributed by atoms with Crippen molar-refractivity contribution in [1.29, 1.82) is 0 Å². The number of amides is 2. The van der Waals surface area contributed by atoms with E-state index in [9.17, 15) is 9.59 Å². The first kappa shape index (κ1) is 19.9. The summed E-state index contributed by atoms with van der Waals surface area (Å²) in [5.41, 5.74) is 4.58. The van der Waals surface area contributed by atoms with Crippen LogP contribution in [-0.2, 0) is 24.3 Å². The summed E-state index contributed by atoms with van der Waals surface area (Å²) in [5.74, 6) is -0.201. The molecule has 1 heterocycles. The fourth-order valence-corrected chi connectivity index (χ4v) is 4.12. The van der Waals surface area contributed by atoms with Gasteiger partial charge in [-0.25, -0.2) is 0 Å². The molecule has 3 aromatic rings. The number of hydrogen-bond donors (Lipinski definition) is 1. The molecule has 0 aliphatic carbocycles. The third-order valence-electron chi connectivity index (χ3n) is 5.54. The minimum Gasteiger partial charge on any atom is -0.350 e. The van der Waals surface area contributed by atoms with Gasteiger partial charge in [0.15, 0.2) is 0 Å². The van der Waals surface area contributed by atoms with E-state index in [2.05, 4.69) is 12.2 Å². The Morgan fingerprint density at radius 3 is 2.23 bits per heavy atom. The van der Waals surface area contributed by atoms with Gasteiger partial charge in [0, 0.05) is 18.7 Å². The molecule has 0 bridgehead atoms. The van der Waals surface area contributed by atoms with Crippen molar-refractivity contribution < 1.29 is 9.59 Å². The zero-order chi connectivity index (χ0) is 20.9. The second kappa shape index (κ2) is 8.95. The lowest BCUT2D eigenvalue weighted by Gasteiger charge is -2.25. The van der Waals surface area contributed by atoms with E-state index in [0.29, 0.717) is 18.7 Å². The number of hydrogen-bond acceptors (Lipinski definition) is 2. The number of aryl methyl sites for hydroxylation is 1. The lowest BCUT2D eigenvalue weighted by molar-refractivity contribution is -0.125. The largest absolute Gasteiger partial charge is 0.350 e. The van der Waals surface area contributed by atoms with Crippen LogP contribution in [0.4, 0.5) is 0 Å². The number of benzene rings is 3. The fourth-order valence-electron chi connectivity index (χ4n) is 4.12. The first-order valence-corrected chi connectivity index (χ1v) is 10.5. The van der Waals surface area contributed by atoms with Gasteiger partial charge < -0.3 is 10.2 Å². The van der Waals surface area contributed by atoms with Crippen molar-refractivity contribution in [3.05, 3.63) is 107 Å². The molecule has 0 saturated carbocycles. The van der Waals surface area contributed by atoms with Gasteiger partial charge in [-0.3, -0.25) is 9.59 Å². The Hall–Kier alpha value is -3.40. The Morgan fingerprint density at radius 1 is 0.900 bits per heavy atom. The number of carbonyl (C=O) groups is 2. The number of nitrogens with zero attached hydrogens (tertiary/aromatic N) is 1. The lowest BCUT2D eigenvalue weighted by Crippen LogP contribution is -2.38. The van der Waals surface area contributed by atoms with E-state index >= 15 is 0 Å². The van der Waals surface area contributed by atoms with Gasteiger partial charge in [0.2, 0.25) is 5.91 Å². The maximum absolute atomic E-state index is 13.4. The van der Waals surface area contributed by atoms with Crippen molar-refractivity contribution in [1.82, 2.24) is 10.2 Å². The molecule has 2 amide bonds. The van der Waals surface area contributed by atoms with Crippen LogP contribution in [0.25, 0.3) is 0 Å². The molecule has 1 unspecified atom stereocenters. The summed E-state index contributed by atoms with van der Waals surface area (Å²) in [5, 5.41) is 3.04. The molecule has 0 aromatic heterocycles. The number of rotatable bonds is 7. The van der Waals surface area contributed by atoms with Gasteiger partial charge in [0.25, 0.3) is 5.91 Å². The molecule has 4 rings (SSSR count). The third-order valence-corrected chi connectivity index (χ3v) is 5.54.